The Hall–Kier alpha value is -2.10. The lowest BCUT2D eigenvalue weighted by Gasteiger charge is -2.07. The summed E-state index contributed by atoms with van der Waals surface area (Å²) in [5.74, 6) is -0.126. The van der Waals surface area contributed by atoms with Gasteiger partial charge >= 0.3 is 0 Å². The van der Waals surface area contributed by atoms with Crippen LogP contribution < -0.4 is 11.1 Å². The smallest absolute Gasteiger partial charge is 0.270 e. The van der Waals surface area contributed by atoms with Gasteiger partial charge in [0.2, 0.25) is 0 Å². The van der Waals surface area contributed by atoms with Crippen molar-refractivity contribution in [3.8, 4) is 0 Å². The van der Waals surface area contributed by atoms with E-state index < -0.39 is 0 Å². The van der Waals surface area contributed by atoms with Crippen LogP contribution in [0.25, 0.3) is 10.8 Å². The lowest BCUT2D eigenvalue weighted by atomic mass is 10.1. The Balaban J connectivity index is 2.30. The molecular weight excluding hydrogens is 226 g/mol. The highest BCUT2D eigenvalue weighted by atomic mass is 16.1. The summed E-state index contributed by atoms with van der Waals surface area (Å²) in [6.07, 6.45) is 3.67. The average molecular weight is 243 g/mol. The van der Waals surface area contributed by atoms with Crippen molar-refractivity contribution in [3.05, 3.63) is 36.2 Å². The highest BCUT2D eigenvalue weighted by Crippen LogP contribution is 2.19. The minimum absolute atomic E-state index is 0.126. The average Bonchev–Trinajstić information content (AvgIpc) is 2.37. The summed E-state index contributed by atoms with van der Waals surface area (Å²) in [5, 5.41) is 4.64. The van der Waals surface area contributed by atoms with E-state index in [1.165, 1.54) is 0 Å². The Labute approximate surface area is 106 Å². The van der Waals surface area contributed by atoms with Crippen molar-refractivity contribution >= 4 is 22.4 Å². The molecule has 18 heavy (non-hydrogen) atoms. The molecule has 0 unspecified atom stereocenters. The number of benzene rings is 1. The van der Waals surface area contributed by atoms with Crippen LogP contribution in [0, 0.1) is 0 Å². The monoisotopic (exact) mass is 243 g/mol. The van der Waals surface area contributed by atoms with Crippen molar-refractivity contribution < 1.29 is 4.79 Å². The first-order valence-electron chi connectivity index (χ1n) is 6.15. The fraction of sp³-hybridized carbons (Fsp3) is 0.286. The number of nitrogens with zero attached hydrogens (tertiary/aromatic N) is 1. The minimum atomic E-state index is -0.126. The summed E-state index contributed by atoms with van der Waals surface area (Å²) in [5.41, 5.74) is 6.88. The van der Waals surface area contributed by atoms with Gasteiger partial charge in [-0.1, -0.05) is 13.3 Å². The molecule has 1 aromatic carbocycles. The number of nitrogens with two attached hydrogens (primary N) is 1. The van der Waals surface area contributed by atoms with Crippen molar-refractivity contribution in [1.29, 1.82) is 0 Å². The Morgan fingerprint density at radius 2 is 2.22 bits per heavy atom. The first-order valence-corrected chi connectivity index (χ1v) is 6.15. The number of hydrogen-bond donors (Lipinski definition) is 2. The van der Waals surface area contributed by atoms with Crippen LogP contribution in [0.1, 0.15) is 30.3 Å². The molecule has 0 saturated carbocycles. The van der Waals surface area contributed by atoms with Gasteiger partial charge in [0.1, 0.15) is 5.69 Å². The van der Waals surface area contributed by atoms with Crippen LogP contribution in [0.3, 0.4) is 0 Å². The number of rotatable bonds is 4. The van der Waals surface area contributed by atoms with Gasteiger partial charge in [-0.3, -0.25) is 9.78 Å². The second-order valence-electron chi connectivity index (χ2n) is 4.25. The van der Waals surface area contributed by atoms with Crippen molar-refractivity contribution in [2.24, 2.45) is 0 Å². The van der Waals surface area contributed by atoms with Crippen LogP contribution in [0.15, 0.2) is 30.5 Å². The number of carbonyl (C=O) groups is 1. The molecule has 0 atom stereocenters. The zero-order valence-electron chi connectivity index (χ0n) is 10.4. The Morgan fingerprint density at radius 3 is 3.00 bits per heavy atom. The standard InChI is InChI=1S/C14H17N3O/c1-2-3-7-17-14(18)13-12-5-4-11(15)9-10(12)6-8-16-13/h4-6,8-9H,2-3,7,15H2,1H3,(H,17,18). The molecule has 94 valence electrons. The summed E-state index contributed by atoms with van der Waals surface area (Å²) in [6, 6.07) is 7.33. The largest absolute Gasteiger partial charge is 0.399 e. The second kappa shape index (κ2) is 5.49. The SMILES string of the molecule is CCCCNC(=O)c1nccc2cc(N)ccc12. The van der Waals surface area contributed by atoms with Crippen LogP contribution in [0.4, 0.5) is 5.69 Å². The van der Waals surface area contributed by atoms with Crippen molar-refractivity contribution in [2.45, 2.75) is 19.8 Å². The van der Waals surface area contributed by atoms with Gasteiger partial charge in [-0.2, -0.15) is 0 Å². The maximum atomic E-state index is 12.0. The van der Waals surface area contributed by atoms with Crippen molar-refractivity contribution in [3.63, 3.8) is 0 Å². The van der Waals surface area contributed by atoms with Gasteiger partial charge in [0.15, 0.2) is 0 Å². The van der Waals surface area contributed by atoms with Crippen LogP contribution in [-0.4, -0.2) is 17.4 Å². The molecule has 0 saturated heterocycles. The molecule has 1 aromatic heterocycles. The zero-order valence-corrected chi connectivity index (χ0v) is 10.4. The quantitative estimate of drug-likeness (QED) is 0.639. The van der Waals surface area contributed by atoms with E-state index in [-0.39, 0.29) is 5.91 Å². The van der Waals surface area contributed by atoms with E-state index >= 15 is 0 Å². The van der Waals surface area contributed by atoms with E-state index in [1.54, 1.807) is 12.3 Å². The number of anilines is 1. The second-order valence-corrected chi connectivity index (χ2v) is 4.25. The molecule has 0 aliphatic carbocycles. The molecule has 1 amide bonds. The highest BCUT2D eigenvalue weighted by molar-refractivity contribution is 6.05. The summed E-state index contributed by atoms with van der Waals surface area (Å²) in [4.78, 5) is 16.2. The lowest BCUT2D eigenvalue weighted by molar-refractivity contribution is 0.0950. The minimum Gasteiger partial charge on any atom is -0.399 e. The molecule has 2 aromatic rings. The van der Waals surface area contributed by atoms with Crippen LogP contribution in [0.2, 0.25) is 0 Å². The van der Waals surface area contributed by atoms with Crippen LogP contribution in [0.5, 0.6) is 0 Å². The summed E-state index contributed by atoms with van der Waals surface area (Å²) < 4.78 is 0. The summed E-state index contributed by atoms with van der Waals surface area (Å²) >= 11 is 0. The molecular formula is C14H17N3O. The first kappa shape index (κ1) is 12.4. The van der Waals surface area contributed by atoms with E-state index in [4.69, 9.17) is 5.73 Å². The first-order chi connectivity index (χ1) is 8.72. The third-order valence-corrected chi connectivity index (χ3v) is 2.82. The lowest BCUT2D eigenvalue weighted by Crippen LogP contribution is -2.25. The molecule has 0 radical (unpaired) electrons. The van der Waals surface area contributed by atoms with Crippen molar-refractivity contribution in [2.75, 3.05) is 12.3 Å². The summed E-state index contributed by atoms with van der Waals surface area (Å²) in [6.45, 7) is 2.77. The summed E-state index contributed by atoms with van der Waals surface area (Å²) in [7, 11) is 0. The van der Waals surface area contributed by atoms with Crippen LogP contribution in [-0.2, 0) is 0 Å². The van der Waals surface area contributed by atoms with Gasteiger partial charge in [0.05, 0.1) is 0 Å². The Bertz CT molecular complexity index is 566. The number of pyridine rings is 1. The molecule has 3 N–H and O–H groups in total. The fourth-order valence-corrected chi connectivity index (χ4v) is 1.84. The molecule has 4 heteroatoms. The molecule has 0 fully saturated rings. The maximum absolute atomic E-state index is 12.0. The predicted molar refractivity (Wildman–Crippen MR) is 73.4 cm³/mol. The van der Waals surface area contributed by atoms with Crippen molar-refractivity contribution in [1.82, 2.24) is 10.3 Å². The van der Waals surface area contributed by atoms with Gasteiger partial charge in [0, 0.05) is 23.8 Å². The van der Waals surface area contributed by atoms with Gasteiger partial charge in [-0.25, -0.2) is 0 Å². The van der Waals surface area contributed by atoms with E-state index in [0.29, 0.717) is 17.9 Å². The van der Waals surface area contributed by atoms with Gasteiger partial charge in [0.25, 0.3) is 5.91 Å². The van der Waals surface area contributed by atoms with Gasteiger partial charge in [-0.05, 0) is 36.1 Å². The number of nitrogen functional groups attached to an aromatic ring is 1. The zero-order chi connectivity index (χ0) is 13.0. The number of fused-ring (bicyclic) bond motifs is 1. The molecule has 0 bridgehead atoms. The molecule has 0 aliphatic rings. The van der Waals surface area contributed by atoms with Gasteiger partial charge in [-0.15, -0.1) is 0 Å². The topological polar surface area (TPSA) is 68.0 Å². The van der Waals surface area contributed by atoms with Crippen LogP contribution >= 0.6 is 0 Å². The molecule has 0 aliphatic heterocycles. The third-order valence-electron chi connectivity index (χ3n) is 2.82. The Morgan fingerprint density at radius 1 is 1.39 bits per heavy atom. The number of amides is 1. The molecule has 4 nitrogen and oxygen atoms in total. The normalized spacial score (nSPS) is 10.5. The van der Waals surface area contributed by atoms with Gasteiger partial charge < -0.3 is 11.1 Å². The molecule has 1 heterocycles. The number of hydrogen-bond acceptors (Lipinski definition) is 3. The third kappa shape index (κ3) is 2.59. The van der Waals surface area contributed by atoms with E-state index in [2.05, 4.69) is 17.2 Å². The number of nitrogens with one attached hydrogen (secondary N) is 1. The predicted octanol–water partition coefficient (Wildman–Crippen LogP) is 2.35. The number of carbonyl (C=O) groups excluding carboxylic acids is 1. The highest BCUT2D eigenvalue weighted by Gasteiger charge is 2.10. The maximum Gasteiger partial charge on any atom is 0.270 e. The van der Waals surface area contributed by atoms with E-state index in [1.807, 2.05) is 18.2 Å². The molecule has 2 rings (SSSR count). The van der Waals surface area contributed by atoms with E-state index in [0.717, 1.165) is 23.6 Å². The number of unbranched alkanes of at least 4 members (excludes halogenated alkanes) is 1. The fourth-order valence-electron chi connectivity index (χ4n) is 1.84. The number of aromatic nitrogens is 1. The Kier molecular flexibility index (Phi) is 3.77. The van der Waals surface area contributed by atoms with E-state index in [9.17, 15) is 4.79 Å². The molecule has 0 spiro atoms.